The van der Waals surface area contributed by atoms with Crippen LogP contribution in [0.4, 0.5) is 4.79 Å². The van der Waals surface area contributed by atoms with E-state index < -0.39 is 27.9 Å². The normalized spacial score (nSPS) is 21.1. The molecule has 6 nitrogen and oxygen atoms in total. The molecule has 1 rings (SSSR count). The minimum absolute atomic E-state index is 0.00561. The Kier molecular flexibility index (Phi) is 4.61. The number of rotatable bonds is 3. The van der Waals surface area contributed by atoms with Crippen molar-refractivity contribution in [1.29, 1.82) is 0 Å². The van der Waals surface area contributed by atoms with E-state index in [1.807, 2.05) is 0 Å². The first-order valence-corrected chi connectivity index (χ1v) is 7.79. The predicted molar refractivity (Wildman–Crippen MR) is 68.6 cm³/mol. The van der Waals surface area contributed by atoms with E-state index in [0.717, 1.165) is 6.42 Å². The minimum atomic E-state index is -3.31. The van der Waals surface area contributed by atoms with Gasteiger partial charge < -0.3 is 4.74 Å². The summed E-state index contributed by atoms with van der Waals surface area (Å²) in [4.78, 5) is 13.4. The molecule has 18 heavy (non-hydrogen) atoms. The van der Waals surface area contributed by atoms with Crippen LogP contribution >= 0.6 is 0 Å². The maximum absolute atomic E-state index is 11.9. The van der Waals surface area contributed by atoms with Crippen LogP contribution < -0.4 is 4.72 Å². The lowest BCUT2D eigenvalue weighted by Crippen LogP contribution is -2.48. The van der Waals surface area contributed by atoms with Crippen LogP contribution in [0, 0.1) is 0 Å². The van der Waals surface area contributed by atoms with Crippen LogP contribution in [0.3, 0.4) is 0 Å². The number of carbonyl (C=O) groups is 1. The molecule has 0 aromatic carbocycles. The maximum Gasteiger partial charge on any atom is 0.411 e. The number of nitrogens with zero attached hydrogens (tertiary/aromatic N) is 1. The van der Waals surface area contributed by atoms with Crippen molar-refractivity contribution in [1.82, 2.24) is 9.62 Å². The van der Waals surface area contributed by atoms with Crippen molar-refractivity contribution in [3.05, 3.63) is 0 Å². The zero-order valence-corrected chi connectivity index (χ0v) is 12.2. The number of sulfonamides is 1. The molecule has 0 bridgehead atoms. The molecule has 0 radical (unpaired) electrons. The van der Waals surface area contributed by atoms with Gasteiger partial charge in [0.05, 0.1) is 11.9 Å². The molecule has 0 spiro atoms. The van der Waals surface area contributed by atoms with E-state index in [-0.39, 0.29) is 5.75 Å². The maximum atomic E-state index is 11.9. The first-order chi connectivity index (χ1) is 8.14. The van der Waals surface area contributed by atoms with E-state index in [2.05, 4.69) is 4.72 Å². The summed E-state index contributed by atoms with van der Waals surface area (Å²) < 4.78 is 30.8. The molecule has 1 atom stereocenters. The second kappa shape index (κ2) is 5.44. The van der Waals surface area contributed by atoms with Gasteiger partial charge in [0.25, 0.3) is 0 Å². The highest BCUT2D eigenvalue weighted by Gasteiger charge is 2.34. The average molecular weight is 278 g/mol. The Morgan fingerprint density at radius 3 is 2.56 bits per heavy atom. The van der Waals surface area contributed by atoms with Gasteiger partial charge in [-0.1, -0.05) is 0 Å². The topological polar surface area (TPSA) is 75.7 Å². The number of ether oxygens (including phenoxy) is 1. The molecule has 0 aromatic rings. The number of carbonyl (C=O) groups excluding carboxylic acids is 1. The van der Waals surface area contributed by atoms with Crippen LogP contribution in [0.15, 0.2) is 0 Å². The Morgan fingerprint density at radius 2 is 2.06 bits per heavy atom. The molecule has 0 aliphatic carbocycles. The fourth-order valence-electron chi connectivity index (χ4n) is 1.72. The van der Waals surface area contributed by atoms with Crippen molar-refractivity contribution in [3.8, 4) is 0 Å². The molecule has 0 aromatic heterocycles. The largest absolute Gasteiger partial charge is 0.444 e. The molecule has 1 heterocycles. The van der Waals surface area contributed by atoms with E-state index in [1.54, 1.807) is 27.7 Å². The van der Waals surface area contributed by atoms with Gasteiger partial charge in [-0.05, 0) is 40.5 Å². The van der Waals surface area contributed by atoms with Crippen molar-refractivity contribution < 1.29 is 17.9 Å². The van der Waals surface area contributed by atoms with Crippen LogP contribution in [-0.4, -0.2) is 43.5 Å². The lowest BCUT2D eigenvalue weighted by molar-refractivity contribution is 0.0219. The van der Waals surface area contributed by atoms with Crippen LogP contribution in [0.1, 0.15) is 40.5 Å². The molecule has 106 valence electrons. The van der Waals surface area contributed by atoms with Crippen LogP contribution in [-0.2, 0) is 14.8 Å². The SMILES string of the molecule is CCS(=O)(=O)NC1CCCN1C(=O)OC(C)(C)C. The zero-order valence-electron chi connectivity index (χ0n) is 11.4. The highest BCUT2D eigenvalue weighted by molar-refractivity contribution is 7.89. The summed E-state index contributed by atoms with van der Waals surface area (Å²) in [5, 5.41) is 0. The first-order valence-electron chi connectivity index (χ1n) is 6.14. The highest BCUT2D eigenvalue weighted by atomic mass is 32.2. The molecular formula is C11H22N2O4S. The lowest BCUT2D eigenvalue weighted by atomic mass is 10.2. The quantitative estimate of drug-likeness (QED) is 0.844. The smallest absolute Gasteiger partial charge is 0.411 e. The molecule has 1 aliphatic heterocycles. The molecule has 1 saturated heterocycles. The molecule has 7 heteroatoms. The Hall–Kier alpha value is -0.820. The molecule has 1 N–H and O–H groups in total. The van der Waals surface area contributed by atoms with Gasteiger partial charge >= 0.3 is 6.09 Å². The second-order valence-corrected chi connectivity index (χ2v) is 7.40. The van der Waals surface area contributed by atoms with E-state index in [0.29, 0.717) is 13.0 Å². The Balaban J connectivity index is 2.68. The molecule has 1 aliphatic rings. The predicted octanol–water partition coefficient (Wildman–Crippen LogP) is 1.28. The van der Waals surface area contributed by atoms with E-state index >= 15 is 0 Å². The van der Waals surface area contributed by atoms with E-state index in [4.69, 9.17) is 4.74 Å². The van der Waals surface area contributed by atoms with Crippen molar-refractivity contribution >= 4 is 16.1 Å². The number of amides is 1. The summed E-state index contributed by atoms with van der Waals surface area (Å²) >= 11 is 0. The van der Waals surface area contributed by atoms with Gasteiger partial charge in [-0.25, -0.2) is 13.2 Å². The third kappa shape index (κ3) is 4.45. The van der Waals surface area contributed by atoms with Gasteiger partial charge in [0.1, 0.15) is 5.60 Å². The third-order valence-electron chi connectivity index (χ3n) is 2.58. The summed E-state index contributed by atoms with van der Waals surface area (Å²) in [6, 6.07) is 0. The molecule has 1 fully saturated rings. The van der Waals surface area contributed by atoms with Gasteiger partial charge in [0, 0.05) is 6.54 Å². The second-order valence-electron chi connectivity index (χ2n) is 5.35. The Labute approximate surface area is 109 Å². The highest BCUT2D eigenvalue weighted by Crippen LogP contribution is 2.19. The van der Waals surface area contributed by atoms with E-state index in [1.165, 1.54) is 4.90 Å². The number of hydrogen-bond donors (Lipinski definition) is 1. The monoisotopic (exact) mass is 278 g/mol. The van der Waals surface area contributed by atoms with Crippen LogP contribution in [0.5, 0.6) is 0 Å². The number of likely N-dealkylation sites (tertiary alicyclic amines) is 1. The summed E-state index contributed by atoms with van der Waals surface area (Å²) in [5.74, 6) is 0.00561. The van der Waals surface area contributed by atoms with Crippen molar-refractivity contribution in [2.75, 3.05) is 12.3 Å². The zero-order chi connectivity index (χ0) is 14.0. The van der Waals surface area contributed by atoms with Crippen molar-refractivity contribution in [2.45, 2.75) is 52.3 Å². The van der Waals surface area contributed by atoms with Gasteiger partial charge in [0.2, 0.25) is 10.0 Å². The third-order valence-corrected chi connectivity index (χ3v) is 3.97. The fourth-order valence-corrected chi connectivity index (χ4v) is 2.55. The molecule has 0 saturated carbocycles. The molecule has 1 unspecified atom stereocenters. The molecule has 1 amide bonds. The first kappa shape index (κ1) is 15.2. The summed E-state index contributed by atoms with van der Waals surface area (Å²) in [6.07, 6.45) is 0.447. The number of hydrogen-bond acceptors (Lipinski definition) is 4. The average Bonchev–Trinajstić information content (AvgIpc) is 2.62. The molecular weight excluding hydrogens is 256 g/mol. The standard InChI is InChI=1S/C11H22N2O4S/c1-5-18(15,16)12-9-7-6-8-13(9)10(14)17-11(2,3)4/h9,12H,5-8H2,1-4H3. The van der Waals surface area contributed by atoms with Gasteiger partial charge in [0.15, 0.2) is 0 Å². The van der Waals surface area contributed by atoms with Crippen molar-refractivity contribution in [3.63, 3.8) is 0 Å². The summed E-state index contributed by atoms with van der Waals surface area (Å²) in [6.45, 7) is 7.44. The lowest BCUT2D eigenvalue weighted by Gasteiger charge is -2.28. The summed E-state index contributed by atoms with van der Waals surface area (Å²) in [5.41, 5.74) is -0.576. The minimum Gasteiger partial charge on any atom is -0.444 e. The van der Waals surface area contributed by atoms with Gasteiger partial charge in [-0.15, -0.1) is 0 Å². The van der Waals surface area contributed by atoms with Crippen molar-refractivity contribution in [2.24, 2.45) is 0 Å². The van der Waals surface area contributed by atoms with E-state index in [9.17, 15) is 13.2 Å². The number of nitrogens with one attached hydrogen (secondary N) is 1. The van der Waals surface area contributed by atoms with Crippen LogP contribution in [0.2, 0.25) is 0 Å². The van der Waals surface area contributed by atoms with Gasteiger partial charge in [-0.2, -0.15) is 4.72 Å². The Morgan fingerprint density at radius 1 is 1.44 bits per heavy atom. The Bertz CT molecular complexity index is 400. The fraction of sp³-hybridized carbons (Fsp3) is 0.909. The van der Waals surface area contributed by atoms with Gasteiger partial charge in [-0.3, -0.25) is 4.90 Å². The van der Waals surface area contributed by atoms with Crippen LogP contribution in [0.25, 0.3) is 0 Å². The summed E-state index contributed by atoms with van der Waals surface area (Å²) in [7, 11) is -3.31.